The molecule has 9 heavy (non-hydrogen) atoms. The van der Waals surface area contributed by atoms with Crippen molar-refractivity contribution in [2.75, 3.05) is 0 Å². The molecule has 3 nitrogen and oxygen atoms in total. The first kappa shape index (κ1) is 6.01. The second-order valence-electron chi connectivity index (χ2n) is 1.90. The van der Waals surface area contributed by atoms with Crippen LogP contribution in [0.4, 0.5) is 0 Å². The van der Waals surface area contributed by atoms with Crippen molar-refractivity contribution in [1.29, 1.82) is 0 Å². The number of rotatable bonds is 1. The van der Waals surface area contributed by atoms with Crippen molar-refractivity contribution in [1.82, 2.24) is 0 Å². The van der Waals surface area contributed by atoms with Gasteiger partial charge in [-0.25, -0.2) is 0 Å². The van der Waals surface area contributed by atoms with E-state index in [2.05, 4.69) is 0 Å². The second kappa shape index (κ2) is 2.44. The van der Waals surface area contributed by atoms with Gasteiger partial charge in [-0.15, -0.1) is 0 Å². The summed E-state index contributed by atoms with van der Waals surface area (Å²) in [5.41, 5.74) is 0. The fraction of sp³-hybridized carbons (Fsp3) is 0.333. The summed E-state index contributed by atoms with van der Waals surface area (Å²) in [6, 6.07) is -0.491. The third kappa shape index (κ3) is 1.38. The van der Waals surface area contributed by atoms with Crippen molar-refractivity contribution in [2.45, 2.75) is 12.5 Å². The molecule has 0 amide bonds. The molecular formula is C6H7NO2. The van der Waals surface area contributed by atoms with Crippen LogP contribution < -0.4 is 0 Å². The van der Waals surface area contributed by atoms with Crippen molar-refractivity contribution < 1.29 is 4.92 Å². The Hall–Kier alpha value is -1.12. The van der Waals surface area contributed by atoms with E-state index in [0.717, 1.165) is 0 Å². The predicted molar refractivity (Wildman–Crippen MR) is 33.7 cm³/mol. The molecule has 1 aliphatic rings. The Kier molecular flexibility index (Phi) is 1.63. The summed E-state index contributed by atoms with van der Waals surface area (Å²) >= 11 is 0. The van der Waals surface area contributed by atoms with E-state index in [1.54, 1.807) is 18.2 Å². The standard InChI is InChI=1S/C6H7NO2/c8-7(9)6-4-2-1-3-5-6/h1-4,6H,5H2/t6-/m0/s1. The topological polar surface area (TPSA) is 43.1 Å². The molecule has 0 heterocycles. The van der Waals surface area contributed by atoms with E-state index in [-0.39, 0.29) is 4.92 Å². The molecule has 3 heteroatoms. The molecule has 0 N–H and O–H groups in total. The Balaban J connectivity index is 2.56. The van der Waals surface area contributed by atoms with E-state index in [9.17, 15) is 10.1 Å². The quantitative estimate of drug-likeness (QED) is 0.389. The van der Waals surface area contributed by atoms with Gasteiger partial charge in [-0.05, 0) is 6.08 Å². The summed E-state index contributed by atoms with van der Waals surface area (Å²) in [5, 5.41) is 10.1. The highest BCUT2D eigenvalue weighted by atomic mass is 16.6. The van der Waals surface area contributed by atoms with Gasteiger partial charge in [-0.3, -0.25) is 10.1 Å². The highest BCUT2D eigenvalue weighted by Crippen LogP contribution is 2.05. The maximum Gasteiger partial charge on any atom is 0.235 e. The Morgan fingerprint density at radius 3 is 2.67 bits per heavy atom. The number of nitro groups is 1. The van der Waals surface area contributed by atoms with Crippen LogP contribution in [0.3, 0.4) is 0 Å². The first-order valence-electron chi connectivity index (χ1n) is 2.77. The van der Waals surface area contributed by atoms with Gasteiger partial charge in [0.05, 0.1) is 0 Å². The largest absolute Gasteiger partial charge is 0.264 e. The van der Waals surface area contributed by atoms with Crippen LogP contribution in [0.25, 0.3) is 0 Å². The lowest BCUT2D eigenvalue weighted by Crippen LogP contribution is -2.16. The molecule has 1 aliphatic carbocycles. The summed E-state index contributed by atoms with van der Waals surface area (Å²) in [4.78, 5) is 9.80. The third-order valence-corrected chi connectivity index (χ3v) is 1.23. The van der Waals surface area contributed by atoms with Gasteiger partial charge < -0.3 is 0 Å². The third-order valence-electron chi connectivity index (χ3n) is 1.23. The molecule has 0 bridgehead atoms. The van der Waals surface area contributed by atoms with Gasteiger partial charge >= 0.3 is 0 Å². The fourth-order valence-electron chi connectivity index (χ4n) is 0.724. The van der Waals surface area contributed by atoms with Crippen molar-refractivity contribution in [3.05, 3.63) is 34.4 Å². The maximum atomic E-state index is 10.1. The van der Waals surface area contributed by atoms with Crippen LogP contribution in [0, 0.1) is 10.1 Å². The van der Waals surface area contributed by atoms with Crippen LogP contribution in [0.5, 0.6) is 0 Å². The zero-order valence-electron chi connectivity index (χ0n) is 4.86. The molecule has 0 spiro atoms. The molecular weight excluding hydrogens is 118 g/mol. The van der Waals surface area contributed by atoms with Gasteiger partial charge in [0.25, 0.3) is 0 Å². The molecule has 0 radical (unpaired) electrons. The van der Waals surface area contributed by atoms with Crippen molar-refractivity contribution in [3.8, 4) is 0 Å². The smallest absolute Gasteiger partial charge is 0.235 e. The van der Waals surface area contributed by atoms with Crippen molar-refractivity contribution in [3.63, 3.8) is 0 Å². The molecule has 0 saturated heterocycles. The van der Waals surface area contributed by atoms with Crippen LogP contribution in [0.1, 0.15) is 6.42 Å². The minimum atomic E-state index is -0.491. The Bertz CT molecular complexity index is 172. The number of nitrogens with zero attached hydrogens (tertiary/aromatic N) is 1. The lowest BCUT2D eigenvalue weighted by molar-refractivity contribution is -0.508. The number of hydrogen-bond acceptors (Lipinski definition) is 2. The normalized spacial score (nSPS) is 24.2. The van der Waals surface area contributed by atoms with E-state index in [1.807, 2.05) is 6.08 Å². The van der Waals surface area contributed by atoms with Crippen LogP contribution in [-0.2, 0) is 0 Å². The number of hydrogen-bond donors (Lipinski definition) is 0. The summed E-state index contributed by atoms with van der Waals surface area (Å²) < 4.78 is 0. The average molecular weight is 125 g/mol. The van der Waals surface area contributed by atoms with Crippen molar-refractivity contribution >= 4 is 0 Å². The minimum absolute atomic E-state index is 0.278. The van der Waals surface area contributed by atoms with Gasteiger partial charge in [-0.1, -0.05) is 18.2 Å². The van der Waals surface area contributed by atoms with Crippen LogP contribution in [0.15, 0.2) is 24.3 Å². The van der Waals surface area contributed by atoms with Gasteiger partial charge in [-0.2, -0.15) is 0 Å². The summed E-state index contributed by atoms with van der Waals surface area (Å²) in [5.74, 6) is 0. The Labute approximate surface area is 52.8 Å². The monoisotopic (exact) mass is 125 g/mol. The van der Waals surface area contributed by atoms with E-state index >= 15 is 0 Å². The highest BCUT2D eigenvalue weighted by Gasteiger charge is 2.14. The summed E-state index contributed by atoms with van der Waals surface area (Å²) in [6.45, 7) is 0. The molecule has 0 saturated carbocycles. The zero-order chi connectivity index (χ0) is 6.69. The molecule has 1 rings (SSSR count). The summed E-state index contributed by atoms with van der Waals surface area (Å²) in [6.07, 6.45) is 7.45. The average Bonchev–Trinajstić information content (AvgIpc) is 1.90. The zero-order valence-corrected chi connectivity index (χ0v) is 4.86. The van der Waals surface area contributed by atoms with Crippen molar-refractivity contribution in [2.24, 2.45) is 0 Å². The van der Waals surface area contributed by atoms with E-state index < -0.39 is 6.04 Å². The van der Waals surface area contributed by atoms with E-state index in [4.69, 9.17) is 0 Å². The van der Waals surface area contributed by atoms with Gasteiger partial charge in [0, 0.05) is 11.3 Å². The Morgan fingerprint density at radius 1 is 1.56 bits per heavy atom. The predicted octanol–water partition coefficient (Wildman–Crippen LogP) is 1.15. The first-order chi connectivity index (χ1) is 4.30. The Morgan fingerprint density at radius 2 is 2.33 bits per heavy atom. The molecule has 0 aromatic heterocycles. The molecule has 0 aliphatic heterocycles. The molecule has 1 atom stereocenters. The van der Waals surface area contributed by atoms with E-state index in [1.165, 1.54) is 0 Å². The first-order valence-corrected chi connectivity index (χ1v) is 2.77. The summed E-state index contributed by atoms with van der Waals surface area (Å²) in [7, 11) is 0. The highest BCUT2D eigenvalue weighted by molar-refractivity contribution is 5.11. The SMILES string of the molecule is O=[N+]([O-])[C@H]1C=CC=CC1. The lowest BCUT2D eigenvalue weighted by Gasteiger charge is -2.02. The van der Waals surface area contributed by atoms with E-state index in [0.29, 0.717) is 6.42 Å². The number of allylic oxidation sites excluding steroid dienone is 2. The van der Waals surface area contributed by atoms with Crippen LogP contribution in [-0.4, -0.2) is 11.0 Å². The van der Waals surface area contributed by atoms with Gasteiger partial charge in [0.1, 0.15) is 0 Å². The molecule has 0 unspecified atom stereocenters. The molecule has 0 aromatic rings. The molecule has 0 aromatic carbocycles. The van der Waals surface area contributed by atoms with Gasteiger partial charge in [0.15, 0.2) is 0 Å². The fourth-order valence-corrected chi connectivity index (χ4v) is 0.724. The maximum absolute atomic E-state index is 10.1. The molecule has 48 valence electrons. The lowest BCUT2D eigenvalue weighted by atomic mass is 10.1. The second-order valence-corrected chi connectivity index (χ2v) is 1.90. The minimum Gasteiger partial charge on any atom is -0.264 e. The van der Waals surface area contributed by atoms with Crippen LogP contribution in [0.2, 0.25) is 0 Å². The van der Waals surface area contributed by atoms with Gasteiger partial charge in [0.2, 0.25) is 6.04 Å². The van der Waals surface area contributed by atoms with Crippen LogP contribution >= 0.6 is 0 Å². The molecule has 0 fully saturated rings.